The third kappa shape index (κ3) is 43.6. The van der Waals surface area contributed by atoms with Gasteiger partial charge in [-0.1, -0.05) is 41.3 Å². The Morgan fingerprint density at radius 3 is 1.40 bits per heavy atom. The van der Waals surface area contributed by atoms with Gasteiger partial charge < -0.3 is 163 Å². The largest absolute Gasteiger partial charge is 0.458 e. The Morgan fingerprint density at radius 2 is 0.900 bits per heavy atom. The molecule has 4 aromatic rings. The minimum Gasteiger partial charge on any atom is -0.458 e. The highest BCUT2D eigenvalue weighted by Gasteiger charge is 2.66. The second kappa shape index (κ2) is 66.6. The number of nitrogens with zero attached hydrogens (tertiary/aromatic N) is 6. The highest BCUT2D eigenvalue weighted by Crippen LogP contribution is 2.44. The SMILES string of the molecule is CC(=O)N[C@H]1C2OC[C@](OCCOCCOCCOCCn3cc(COCC(COCc4cn(CCOCCOCCOCCO[C@]56CO[C@H](C[C@@H](OC(C)=O)[C@H]5OC(C)=O)O6)nn4)(COCc4cn(CCOCCOCCOCCO[C@]56COC(C[C@@H](OC(C)=O)[C@H]5OC(C)=O)O6)[nH]4)NC(=O)CCCCCNC(=O)CCCCCOC4OCC(NC(=O)CCCCCSSc5ccccn5)CO4)[nH]3)(O2)[C@H](OC(C)=O)[C@@H]1OC(C)=O. The van der Waals surface area contributed by atoms with Crippen LogP contribution in [0.25, 0.3) is 0 Å². The number of aromatic nitrogens is 8. The molecule has 0 saturated carbocycles. The topological polar surface area (TPSA) is 581 Å². The molecule has 7 aliphatic rings. The van der Waals surface area contributed by atoms with Gasteiger partial charge in [0.1, 0.15) is 54.3 Å². The van der Waals surface area contributed by atoms with E-state index >= 15 is 0 Å². The smallest absolute Gasteiger partial charge is 0.303 e. The second-order valence-electron chi connectivity index (χ2n) is 36.3. The van der Waals surface area contributed by atoms with Gasteiger partial charge in [-0.05, 0) is 61.5 Å². The van der Waals surface area contributed by atoms with Crippen molar-refractivity contribution in [1.29, 1.82) is 0 Å². The number of carbonyl (C=O) groups excluding carboxylic acids is 10. The van der Waals surface area contributed by atoms with E-state index < -0.39 is 133 Å². The van der Waals surface area contributed by atoms with Gasteiger partial charge in [-0.2, -0.15) is 0 Å². The molecule has 6 bridgehead atoms. The molecular formula is C96H150N12O40S2. The molecule has 4 amide bonds. The number of fused-ring (bicyclic) bond motifs is 6. The Kier molecular flexibility index (Phi) is 54.0. The van der Waals surface area contributed by atoms with Crippen LogP contribution in [0, 0.1) is 0 Å². The minimum absolute atomic E-state index is 0.00737. The number of nitrogens with one attached hydrogen (secondary N) is 6. The van der Waals surface area contributed by atoms with Gasteiger partial charge in [-0.25, -0.2) is 9.67 Å². The minimum atomic E-state index is -1.64. The Labute approximate surface area is 878 Å². The molecule has 3 unspecified atom stereocenters. The monoisotopic (exact) mass is 2170 g/mol. The molecule has 846 valence electrons. The summed E-state index contributed by atoms with van der Waals surface area (Å²) < 4.78 is 180. The molecule has 0 radical (unpaired) electrons. The average Bonchev–Trinajstić information content (AvgIpc) is 1.58. The first-order chi connectivity index (χ1) is 72.7. The molecule has 11 heterocycles. The molecule has 7 saturated heterocycles. The summed E-state index contributed by atoms with van der Waals surface area (Å²) in [6, 6.07) is 4.61. The molecule has 14 atom stereocenters. The molecule has 0 spiro atoms. The lowest BCUT2D eigenvalue weighted by Crippen LogP contribution is -2.68. The van der Waals surface area contributed by atoms with Crippen molar-refractivity contribution in [3.63, 3.8) is 0 Å². The zero-order valence-corrected chi connectivity index (χ0v) is 88.2. The molecule has 150 heavy (non-hydrogen) atoms. The molecule has 0 aromatic carbocycles. The Hall–Kier alpha value is -8.59. The molecule has 0 aliphatic carbocycles. The quantitative estimate of drug-likeness (QED) is 0.0160. The zero-order valence-electron chi connectivity index (χ0n) is 86.6. The predicted molar refractivity (Wildman–Crippen MR) is 518 cm³/mol. The highest BCUT2D eigenvalue weighted by atomic mass is 33.1. The Bertz CT molecular complexity index is 4580. The van der Waals surface area contributed by atoms with E-state index in [9.17, 15) is 47.9 Å². The van der Waals surface area contributed by atoms with E-state index in [0.717, 1.165) is 47.8 Å². The number of aromatic amines is 2. The molecule has 7 fully saturated rings. The van der Waals surface area contributed by atoms with Gasteiger partial charge in [0.05, 0.1) is 241 Å². The van der Waals surface area contributed by atoms with Gasteiger partial charge in [-0.3, -0.25) is 67.5 Å². The van der Waals surface area contributed by atoms with Crippen LogP contribution < -0.4 is 21.3 Å². The first kappa shape index (κ1) is 122. The van der Waals surface area contributed by atoms with E-state index in [1.165, 1.54) is 48.5 Å². The fraction of sp³-hybridized carbons (Fsp3) is 0.781. The summed E-state index contributed by atoms with van der Waals surface area (Å²) in [6.45, 7) is 15.1. The summed E-state index contributed by atoms with van der Waals surface area (Å²) in [4.78, 5) is 129. The van der Waals surface area contributed by atoms with Crippen molar-refractivity contribution in [3.8, 4) is 0 Å². The van der Waals surface area contributed by atoms with Crippen LogP contribution in [0.1, 0.15) is 155 Å². The summed E-state index contributed by atoms with van der Waals surface area (Å²) in [7, 11) is 3.42. The summed E-state index contributed by atoms with van der Waals surface area (Å²) >= 11 is 0. The van der Waals surface area contributed by atoms with Crippen LogP contribution in [-0.4, -0.2) is 406 Å². The number of H-pyrrole nitrogens is 2. The third-order valence-electron chi connectivity index (χ3n) is 23.6. The number of ether oxygens (including phenoxy) is 30. The zero-order chi connectivity index (χ0) is 106. The van der Waals surface area contributed by atoms with Gasteiger partial charge in [-0.15, -0.1) is 5.10 Å². The van der Waals surface area contributed by atoms with E-state index in [1.54, 1.807) is 38.7 Å². The van der Waals surface area contributed by atoms with Crippen molar-refractivity contribution in [1.82, 2.24) is 60.8 Å². The van der Waals surface area contributed by atoms with E-state index in [-0.39, 0.29) is 221 Å². The molecule has 52 nitrogen and oxygen atoms in total. The number of carbonyl (C=O) groups is 10. The fourth-order valence-corrected chi connectivity index (χ4v) is 18.9. The first-order valence-electron chi connectivity index (χ1n) is 51.0. The maximum absolute atomic E-state index is 14.4. The maximum Gasteiger partial charge on any atom is 0.303 e. The van der Waals surface area contributed by atoms with Crippen molar-refractivity contribution >= 4 is 81.0 Å². The van der Waals surface area contributed by atoms with Crippen LogP contribution in [0.3, 0.4) is 0 Å². The highest BCUT2D eigenvalue weighted by molar-refractivity contribution is 8.76. The Balaban J connectivity index is 0.610. The number of rotatable bonds is 81. The molecule has 6 N–H and O–H groups in total. The summed E-state index contributed by atoms with van der Waals surface area (Å²) in [5.41, 5.74) is 0.735. The van der Waals surface area contributed by atoms with E-state index in [2.05, 4.69) is 46.8 Å². The number of pyridine rings is 1. The van der Waals surface area contributed by atoms with Gasteiger partial charge in [0.15, 0.2) is 43.3 Å². The standard InChI is InChI=1S/C96H150N12O40S2/c1-67(109)99-86-87(142-70(4)112)90(145-73(7)115)96(66-136-91(86)148-96)139-49-46-127-43-40-123-36-33-120-30-26-107-55-76(104-107)58-130-63-93(62-129-57-75-54-106(103-75)25-29-119-32-35-122-38-41-125-44-47-137-94-64-134-84(146-94)51-78(140-68(2)110)88(94)143-71(5)113,61-128-56-74-53-108(105-102-74)27-31-121-34-37-124-39-42-126-45-48-138-95-65-135-85(147-95)52-79(141-69(3)111)89(95)144-72(6)114)101-82(118)21-11-8-15-23-97-80(116)19-12-9-17-28-131-92-132-59-77(60-133-92)100-81(117)20-13-10-18-50-149-150-83-22-14-16-24-98-83/h14,16,22,24,53-55,77-79,84-92,103-104H,8-13,15,17-21,23,25-52,56-66H2,1-7H3,(H,97,116)(H,99,109)(H,100,117)(H,101,118)/t77?,78-,79-,84?,85+,86-,87-,88-,89-,90-,91?,92?,93?,94+,95+,96+/m1/s1. The average molecular weight is 2180 g/mol. The molecule has 11 rings (SSSR count). The van der Waals surface area contributed by atoms with Crippen molar-refractivity contribution in [2.24, 2.45) is 0 Å². The number of amides is 4. The lowest BCUT2D eigenvalue weighted by molar-refractivity contribution is -0.323. The lowest BCUT2D eigenvalue weighted by atomic mass is 9.95. The molecule has 4 aromatic heterocycles. The molecule has 54 heteroatoms. The van der Waals surface area contributed by atoms with Crippen LogP contribution in [0.5, 0.6) is 0 Å². The van der Waals surface area contributed by atoms with Crippen LogP contribution in [0.2, 0.25) is 0 Å². The summed E-state index contributed by atoms with van der Waals surface area (Å²) in [5, 5.41) is 28.1. The van der Waals surface area contributed by atoms with Crippen LogP contribution in [-0.2, 0) is 230 Å². The molecular weight excluding hydrogens is 2030 g/mol. The van der Waals surface area contributed by atoms with Gasteiger partial charge in [0.25, 0.3) is 6.48 Å². The van der Waals surface area contributed by atoms with Crippen LogP contribution in [0.4, 0.5) is 0 Å². The number of hydrogen-bond donors (Lipinski definition) is 6. The van der Waals surface area contributed by atoms with E-state index in [4.69, 9.17) is 142 Å². The van der Waals surface area contributed by atoms with Crippen molar-refractivity contribution < 1.29 is 190 Å². The second-order valence-corrected chi connectivity index (χ2v) is 38.7. The molecule has 7 aliphatic heterocycles. The fourth-order valence-electron chi connectivity index (χ4n) is 16.9. The number of unbranched alkanes of at least 4 members (excludes halogenated alkanes) is 6. The van der Waals surface area contributed by atoms with Crippen LogP contribution in [0.15, 0.2) is 48.0 Å². The van der Waals surface area contributed by atoms with Crippen molar-refractivity contribution in [2.45, 2.75) is 280 Å². The van der Waals surface area contributed by atoms with Crippen molar-refractivity contribution in [2.75, 3.05) is 211 Å². The summed E-state index contributed by atoms with van der Waals surface area (Å²) in [5.74, 6) is -8.07. The predicted octanol–water partition coefficient (Wildman–Crippen LogP) is 3.13. The first-order valence-corrected chi connectivity index (χ1v) is 53.4. The number of hydrogen-bond acceptors (Lipinski definition) is 45. The summed E-state index contributed by atoms with van der Waals surface area (Å²) in [6.07, 6.45) is 6.59. The van der Waals surface area contributed by atoms with Crippen molar-refractivity contribution in [3.05, 3.63) is 60.1 Å². The van der Waals surface area contributed by atoms with Gasteiger partial charge in [0, 0.05) is 111 Å². The van der Waals surface area contributed by atoms with Gasteiger partial charge in [0.2, 0.25) is 41.0 Å². The number of esters is 6. The third-order valence-corrected chi connectivity index (χ3v) is 26.0. The van der Waals surface area contributed by atoms with Gasteiger partial charge >= 0.3 is 35.8 Å². The van der Waals surface area contributed by atoms with E-state index in [0.29, 0.717) is 116 Å². The van der Waals surface area contributed by atoms with Crippen LogP contribution >= 0.6 is 21.6 Å². The normalized spacial score (nSPS) is 24.0. The maximum atomic E-state index is 14.4. The Morgan fingerprint density at radius 1 is 0.447 bits per heavy atom. The lowest BCUT2D eigenvalue weighted by Gasteiger charge is -2.45. The van der Waals surface area contributed by atoms with E-state index in [1.807, 2.05) is 40.0 Å².